The first-order valence-corrected chi connectivity index (χ1v) is 9.76. The molecule has 1 aliphatic carbocycles. The summed E-state index contributed by atoms with van der Waals surface area (Å²) in [4.78, 5) is 19.3. The van der Waals surface area contributed by atoms with Crippen molar-refractivity contribution in [3.63, 3.8) is 0 Å². The Hall–Kier alpha value is -1.10. The maximum absolute atomic E-state index is 12.3. The van der Waals surface area contributed by atoms with Crippen LogP contribution < -0.4 is 4.90 Å². The van der Waals surface area contributed by atoms with Crippen molar-refractivity contribution in [2.24, 2.45) is 11.8 Å². The van der Waals surface area contributed by atoms with Gasteiger partial charge in [-0.1, -0.05) is 6.42 Å². The van der Waals surface area contributed by atoms with Crippen LogP contribution in [0, 0.1) is 25.7 Å². The molecule has 5 heteroatoms. The monoisotopic (exact) mass is 394 g/mol. The lowest BCUT2D eigenvalue weighted by Gasteiger charge is -2.26. The first-order valence-electron chi connectivity index (χ1n) is 8.96. The molecule has 1 aromatic heterocycles. The fraction of sp³-hybridized carbons (Fsp3) is 0.684. The molecule has 0 amide bonds. The van der Waals surface area contributed by atoms with Gasteiger partial charge in [0.15, 0.2) is 0 Å². The number of carbonyl (C=O) groups excluding carboxylic acids is 1. The van der Waals surface area contributed by atoms with Crippen molar-refractivity contribution in [3.8, 4) is 0 Å². The third kappa shape index (κ3) is 3.46. The van der Waals surface area contributed by atoms with Gasteiger partial charge in [-0.15, -0.1) is 0 Å². The molecule has 1 saturated heterocycles. The Kier molecular flexibility index (Phi) is 5.19. The Bertz CT molecular complexity index is 633. The van der Waals surface area contributed by atoms with E-state index in [1.54, 1.807) is 0 Å². The second kappa shape index (κ2) is 7.03. The molecule has 0 spiro atoms. The van der Waals surface area contributed by atoms with Crippen LogP contribution in [-0.4, -0.2) is 30.1 Å². The Morgan fingerprint density at radius 1 is 1.25 bits per heavy atom. The molecule has 2 unspecified atom stereocenters. The van der Waals surface area contributed by atoms with Gasteiger partial charge in [-0.05, 0) is 68.3 Å². The molecule has 1 aliphatic heterocycles. The lowest BCUT2D eigenvalue weighted by Crippen LogP contribution is -2.25. The summed E-state index contributed by atoms with van der Waals surface area (Å²) < 4.78 is 6.40. The third-order valence-corrected chi connectivity index (χ3v) is 6.26. The number of aromatic nitrogens is 1. The summed E-state index contributed by atoms with van der Waals surface area (Å²) in [6.45, 7) is 9.98. The zero-order valence-corrected chi connectivity index (χ0v) is 16.6. The first kappa shape index (κ1) is 17.7. The van der Waals surface area contributed by atoms with Crippen molar-refractivity contribution in [1.82, 2.24) is 4.98 Å². The van der Waals surface area contributed by atoms with E-state index in [1.807, 2.05) is 27.7 Å². The maximum atomic E-state index is 12.3. The standard InChI is InChI=1S/C19H27BrN2O2/c1-11(2)24-17(23)8-16-12(3)21-13(4)18(20)19(16)22-9-14-6-5-7-15(14)10-22/h11,14-15H,5-10H2,1-4H3. The Morgan fingerprint density at radius 2 is 1.88 bits per heavy atom. The minimum Gasteiger partial charge on any atom is -0.463 e. The Balaban J connectivity index is 1.93. The van der Waals surface area contributed by atoms with Gasteiger partial charge in [0.1, 0.15) is 0 Å². The van der Waals surface area contributed by atoms with Crippen LogP contribution in [0.2, 0.25) is 0 Å². The highest BCUT2D eigenvalue weighted by atomic mass is 79.9. The Morgan fingerprint density at radius 3 is 2.46 bits per heavy atom. The van der Waals surface area contributed by atoms with Crippen LogP contribution in [0.1, 0.15) is 50.1 Å². The van der Waals surface area contributed by atoms with Crippen LogP contribution in [0.25, 0.3) is 0 Å². The van der Waals surface area contributed by atoms with E-state index >= 15 is 0 Å². The highest BCUT2D eigenvalue weighted by Crippen LogP contribution is 2.43. The molecule has 3 rings (SSSR count). The van der Waals surface area contributed by atoms with E-state index < -0.39 is 0 Å². The van der Waals surface area contributed by atoms with Crippen LogP contribution in [0.4, 0.5) is 5.69 Å². The van der Waals surface area contributed by atoms with Crippen LogP contribution in [0.15, 0.2) is 4.47 Å². The molecular formula is C19H27BrN2O2. The summed E-state index contributed by atoms with van der Waals surface area (Å²) in [7, 11) is 0. The van der Waals surface area contributed by atoms with Crippen molar-refractivity contribution < 1.29 is 9.53 Å². The molecule has 2 aliphatic rings. The molecule has 0 N–H and O–H groups in total. The van der Waals surface area contributed by atoms with Crippen LogP contribution in [0.5, 0.6) is 0 Å². The van der Waals surface area contributed by atoms with Gasteiger partial charge in [-0.2, -0.15) is 0 Å². The first-order chi connectivity index (χ1) is 11.4. The normalized spacial score (nSPS) is 23.0. The van der Waals surface area contributed by atoms with Crippen molar-refractivity contribution >= 4 is 27.6 Å². The molecule has 2 atom stereocenters. The number of rotatable bonds is 4. The summed E-state index contributed by atoms with van der Waals surface area (Å²) in [5.74, 6) is 1.44. The number of hydrogen-bond acceptors (Lipinski definition) is 4. The van der Waals surface area contributed by atoms with Gasteiger partial charge in [-0.25, -0.2) is 0 Å². The quantitative estimate of drug-likeness (QED) is 0.717. The highest BCUT2D eigenvalue weighted by molar-refractivity contribution is 9.10. The van der Waals surface area contributed by atoms with Gasteiger partial charge in [0.05, 0.1) is 28.4 Å². The van der Waals surface area contributed by atoms with Gasteiger partial charge in [0.2, 0.25) is 0 Å². The van der Waals surface area contributed by atoms with E-state index in [9.17, 15) is 4.79 Å². The topological polar surface area (TPSA) is 42.4 Å². The van der Waals surface area contributed by atoms with Gasteiger partial charge in [-0.3, -0.25) is 9.78 Å². The highest BCUT2D eigenvalue weighted by Gasteiger charge is 2.38. The second-order valence-corrected chi connectivity index (χ2v) is 8.29. The number of anilines is 1. The van der Waals surface area contributed by atoms with Crippen molar-refractivity contribution in [2.75, 3.05) is 18.0 Å². The summed E-state index contributed by atoms with van der Waals surface area (Å²) >= 11 is 3.74. The molecule has 4 nitrogen and oxygen atoms in total. The number of esters is 1. The van der Waals surface area contributed by atoms with E-state index in [0.29, 0.717) is 0 Å². The van der Waals surface area contributed by atoms with Gasteiger partial charge >= 0.3 is 5.97 Å². The second-order valence-electron chi connectivity index (χ2n) is 7.50. The molecular weight excluding hydrogens is 368 g/mol. The number of fused-ring (bicyclic) bond motifs is 1. The van der Waals surface area contributed by atoms with Crippen LogP contribution >= 0.6 is 15.9 Å². The molecule has 2 heterocycles. The van der Waals surface area contributed by atoms with Gasteiger partial charge in [0, 0.05) is 24.3 Å². The number of pyridine rings is 1. The van der Waals surface area contributed by atoms with Gasteiger partial charge in [0.25, 0.3) is 0 Å². The lowest BCUT2D eigenvalue weighted by atomic mass is 10.0. The number of aryl methyl sites for hydroxylation is 2. The lowest BCUT2D eigenvalue weighted by molar-refractivity contribution is -0.146. The fourth-order valence-corrected chi connectivity index (χ4v) is 4.83. The average Bonchev–Trinajstić information content (AvgIpc) is 3.05. The summed E-state index contributed by atoms with van der Waals surface area (Å²) in [5, 5.41) is 0. The fourth-order valence-electron chi connectivity index (χ4n) is 4.25. The minimum absolute atomic E-state index is 0.0887. The molecule has 24 heavy (non-hydrogen) atoms. The molecule has 1 aromatic rings. The van der Waals surface area contributed by atoms with E-state index in [-0.39, 0.29) is 18.5 Å². The largest absolute Gasteiger partial charge is 0.463 e. The number of halogens is 1. The SMILES string of the molecule is Cc1nc(C)c(CC(=O)OC(C)C)c(N2CC3CCCC3C2)c1Br. The van der Waals surface area contributed by atoms with E-state index in [1.165, 1.54) is 19.3 Å². The molecule has 0 radical (unpaired) electrons. The minimum atomic E-state index is -0.175. The molecule has 0 bridgehead atoms. The average molecular weight is 395 g/mol. The zero-order chi connectivity index (χ0) is 17.4. The Labute approximate surface area is 153 Å². The smallest absolute Gasteiger partial charge is 0.310 e. The van der Waals surface area contributed by atoms with Crippen molar-refractivity contribution in [2.45, 2.75) is 59.5 Å². The van der Waals surface area contributed by atoms with E-state index in [4.69, 9.17) is 4.74 Å². The van der Waals surface area contributed by atoms with Crippen molar-refractivity contribution in [1.29, 1.82) is 0 Å². The van der Waals surface area contributed by atoms with Crippen LogP contribution in [0.3, 0.4) is 0 Å². The third-order valence-electron chi connectivity index (χ3n) is 5.31. The molecule has 1 saturated carbocycles. The van der Waals surface area contributed by atoms with E-state index in [0.717, 1.165) is 52.0 Å². The van der Waals surface area contributed by atoms with Crippen molar-refractivity contribution in [3.05, 3.63) is 21.4 Å². The number of carbonyl (C=O) groups is 1. The number of hydrogen-bond donors (Lipinski definition) is 0. The van der Waals surface area contributed by atoms with E-state index in [2.05, 4.69) is 25.8 Å². The molecule has 2 fully saturated rings. The summed E-state index contributed by atoms with van der Waals surface area (Å²) in [6, 6.07) is 0. The summed E-state index contributed by atoms with van der Waals surface area (Å²) in [6.07, 6.45) is 4.25. The van der Waals surface area contributed by atoms with Crippen LogP contribution in [-0.2, 0) is 16.0 Å². The zero-order valence-electron chi connectivity index (χ0n) is 15.1. The van der Waals surface area contributed by atoms with Gasteiger partial charge < -0.3 is 9.64 Å². The number of ether oxygens (including phenoxy) is 1. The predicted octanol–water partition coefficient (Wildman–Crippen LogP) is 4.19. The maximum Gasteiger partial charge on any atom is 0.310 e. The molecule has 0 aromatic carbocycles. The predicted molar refractivity (Wildman–Crippen MR) is 99.4 cm³/mol. The molecule has 132 valence electrons. The number of nitrogens with zero attached hydrogens (tertiary/aromatic N) is 2. The summed E-state index contributed by atoms with van der Waals surface area (Å²) in [5.41, 5.74) is 4.09.